The van der Waals surface area contributed by atoms with Gasteiger partial charge in [-0.25, -0.2) is 9.48 Å². The maximum atomic E-state index is 12.1. The van der Waals surface area contributed by atoms with Gasteiger partial charge >= 0.3 is 5.97 Å². The van der Waals surface area contributed by atoms with Crippen molar-refractivity contribution in [3.05, 3.63) is 53.5 Å². The number of benzene rings is 1. The molecule has 7 nitrogen and oxygen atoms in total. The van der Waals surface area contributed by atoms with E-state index in [-0.39, 0.29) is 0 Å². The molecule has 0 aliphatic rings. The van der Waals surface area contributed by atoms with E-state index in [0.29, 0.717) is 18.8 Å². The van der Waals surface area contributed by atoms with Gasteiger partial charge in [-0.2, -0.15) is 5.10 Å². The maximum Gasteiger partial charge on any atom is 0.356 e. The number of esters is 1. The van der Waals surface area contributed by atoms with Gasteiger partial charge in [-0.05, 0) is 19.9 Å². The fraction of sp³-hybridized carbons (Fsp3) is 0.294. The van der Waals surface area contributed by atoms with E-state index in [2.05, 4.69) is 15.4 Å². The van der Waals surface area contributed by atoms with E-state index in [1.54, 1.807) is 15.4 Å². The van der Waals surface area contributed by atoms with E-state index in [1.807, 2.05) is 44.2 Å². The molecule has 2 heterocycles. The van der Waals surface area contributed by atoms with Crippen LogP contribution in [0.2, 0.25) is 0 Å². The van der Waals surface area contributed by atoms with Gasteiger partial charge in [0, 0.05) is 12.1 Å². The Morgan fingerprint density at radius 1 is 1.21 bits per heavy atom. The Morgan fingerprint density at radius 2 is 1.96 bits per heavy atom. The largest absolute Gasteiger partial charge is 0.464 e. The lowest BCUT2D eigenvalue weighted by molar-refractivity contribution is 0.0587. The number of rotatable bonds is 5. The first-order valence-corrected chi connectivity index (χ1v) is 7.74. The first kappa shape index (κ1) is 15.9. The van der Waals surface area contributed by atoms with Gasteiger partial charge in [0.2, 0.25) is 0 Å². The predicted octanol–water partition coefficient (Wildman–Crippen LogP) is 2.30. The summed E-state index contributed by atoms with van der Waals surface area (Å²) in [5.41, 5.74) is 3.82. The van der Waals surface area contributed by atoms with Crippen molar-refractivity contribution in [3.63, 3.8) is 0 Å². The average Bonchev–Trinajstić information content (AvgIpc) is 3.20. The Bertz CT molecular complexity index is 851. The molecule has 0 unspecified atom stereocenters. The minimum Gasteiger partial charge on any atom is -0.464 e. The third kappa shape index (κ3) is 2.92. The number of aromatic nitrogens is 5. The topological polar surface area (TPSA) is 74.8 Å². The van der Waals surface area contributed by atoms with Crippen molar-refractivity contribution in [1.82, 2.24) is 24.8 Å². The molecule has 0 amide bonds. The van der Waals surface area contributed by atoms with Gasteiger partial charge in [0.05, 0.1) is 30.7 Å². The van der Waals surface area contributed by atoms with Crippen LogP contribution in [0, 0.1) is 6.92 Å². The van der Waals surface area contributed by atoms with E-state index in [0.717, 1.165) is 22.6 Å². The minimum atomic E-state index is -0.419. The van der Waals surface area contributed by atoms with Crippen molar-refractivity contribution in [2.24, 2.45) is 0 Å². The highest BCUT2D eigenvalue weighted by molar-refractivity contribution is 5.89. The molecular weight excluding hydrogens is 306 g/mol. The molecule has 0 aliphatic carbocycles. The van der Waals surface area contributed by atoms with E-state index in [9.17, 15) is 4.79 Å². The predicted molar refractivity (Wildman–Crippen MR) is 88.5 cm³/mol. The summed E-state index contributed by atoms with van der Waals surface area (Å²) >= 11 is 0. The lowest BCUT2D eigenvalue weighted by atomic mass is 10.1. The van der Waals surface area contributed by atoms with Crippen molar-refractivity contribution < 1.29 is 9.53 Å². The molecule has 0 N–H and O–H groups in total. The highest BCUT2D eigenvalue weighted by Gasteiger charge is 2.19. The van der Waals surface area contributed by atoms with Crippen LogP contribution in [0.15, 0.2) is 36.4 Å². The summed E-state index contributed by atoms with van der Waals surface area (Å²) < 4.78 is 8.34. The van der Waals surface area contributed by atoms with Gasteiger partial charge in [0.15, 0.2) is 0 Å². The number of nitrogens with zero attached hydrogens (tertiary/aromatic N) is 5. The number of methoxy groups -OCH3 is 1. The fourth-order valence-electron chi connectivity index (χ4n) is 2.57. The Morgan fingerprint density at radius 3 is 2.62 bits per heavy atom. The smallest absolute Gasteiger partial charge is 0.356 e. The van der Waals surface area contributed by atoms with Crippen LogP contribution in [0.1, 0.15) is 28.8 Å². The van der Waals surface area contributed by atoms with Crippen LogP contribution in [-0.2, 0) is 17.8 Å². The standard InChI is InChI=1S/C17H19N5O2/c1-4-21-16(12(2)18-20-21)11-22-15(17(23)24-3)10-14(19-22)13-8-6-5-7-9-13/h5-10H,4,11H2,1-3H3. The highest BCUT2D eigenvalue weighted by Crippen LogP contribution is 2.20. The van der Waals surface area contributed by atoms with Crippen molar-refractivity contribution in [2.45, 2.75) is 26.9 Å². The van der Waals surface area contributed by atoms with Crippen molar-refractivity contribution in [3.8, 4) is 11.3 Å². The normalized spacial score (nSPS) is 10.8. The van der Waals surface area contributed by atoms with Gasteiger partial charge in [0.25, 0.3) is 0 Å². The lowest BCUT2D eigenvalue weighted by Gasteiger charge is -2.08. The Hall–Kier alpha value is -2.96. The summed E-state index contributed by atoms with van der Waals surface area (Å²) in [7, 11) is 1.37. The van der Waals surface area contributed by atoms with E-state index < -0.39 is 5.97 Å². The Balaban J connectivity index is 2.04. The number of ether oxygens (including phenoxy) is 1. The third-order valence-corrected chi connectivity index (χ3v) is 3.88. The Labute approximate surface area is 139 Å². The maximum absolute atomic E-state index is 12.1. The van der Waals surface area contributed by atoms with Gasteiger partial charge in [-0.1, -0.05) is 35.5 Å². The molecule has 0 atom stereocenters. The summed E-state index contributed by atoms with van der Waals surface area (Å²) in [5, 5.41) is 12.8. The molecule has 0 spiro atoms. The molecule has 0 fully saturated rings. The van der Waals surface area contributed by atoms with Gasteiger partial charge in [-0.15, -0.1) is 5.10 Å². The summed E-state index contributed by atoms with van der Waals surface area (Å²) in [5.74, 6) is -0.419. The van der Waals surface area contributed by atoms with E-state index in [4.69, 9.17) is 4.74 Å². The second kappa shape index (κ2) is 6.66. The van der Waals surface area contributed by atoms with Crippen LogP contribution in [-0.4, -0.2) is 37.9 Å². The number of aryl methyl sites for hydroxylation is 2. The molecule has 2 aromatic heterocycles. The minimum absolute atomic E-state index is 0.402. The van der Waals surface area contributed by atoms with Crippen LogP contribution in [0.4, 0.5) is 0 Å². The van der Waals surface area contributed by atoms with E-state index in [1.165, 1.54) is 7.11 Å². The zero-order valence-corrected chi connectivity index (χ0v) is 13.9. The quantitative estimate of drug-likeness (QED) is 0.673. The molecule has 24 heavy (non-hydrogen) atoms. The van der Waals surface area contributed by atoms with Gasteiger partial charge in [0.1, 0.15) is 5.69 Å². The molecule has 0 bridgehead atoms. The molecule has 0 aliphatic heterocycles. The molecule has 7 heteroatoms. The summed E-state index contributed by atoms with van der Waals surface area (Å²) in [6.45, 7) is 5.01. The van der Waals surface area contributed by atoms with Crippen LogP contribution in [0.5, 0.6) is 0 Å². The zero-order chi connectivity index (χ0) is 17.1. The number of carbonyl (C=O) groups excluding carboxylic acids is 1. The Kier molecular flexibility index (Phi) is 4.41. The molecule has 3 aromatic rings. The molecule has 0 radical (unpaired) electrons. The number of hydrogen-bond donors (Lipinski definition) is 0. The van der Waals surface area contributed by atoms with Crippen LogP contribution in [0.3, 0.4) is 0 Å². The monoisotopic (exact) mass is 325 g/mol. The summed E-state index contributed by atoms with van der Waals surface area (Å²) in [6, 6.07) is 11.5. The average molecular weight is 325 g/mol. The van der Waals surface area contributed by atoms with Gasteiger partial charge < -0.3 is 4.74 Å². The van der Waals surface area contributed by atoms with Crippen molar-refractivity contribution >= 4 is 5.97 Å². The van der Waals surface area contributed by atoms with Crippen LogP contribution >= 0.6 is 0 Å². The van der Waals surface area contributed by atoms with Gasteiger partial charge in [-0.3, -0.25) is 4.68 Å². The number of carbonyl (C=O) groups is 1. The zero-order valence-electron chi connectivity index (χ0n) is 13.9. The summed E-state index contributed by atoms with van der Waals surface area (Å²) in [6.07, 6.45) is 0. The molecule has 3 rings (SSSR count). The summed E-state index contributed by atoms with van der Waals surface area (Å²) in [4.78, 5) is 12.1. The first-order chi connectivity index (χ1) is 11.6. The lowest BCUT2D eigenvalue weighted by Crippen LogP contribution is -2.15. The van der Waals surface area contributed by atoms with Crippen molar-refractivity contribution in [2.75, 3.05) is 7.11 Å². The molecular formula is C17H19N5O2. The molecule has 0 saturated carbocycles. The second-order valence-electron chi connectivity index (χ2n) is 5.37. The molecule has 1 aromatic carbocycles. The van der Waals surface area contributed by atoms with E-state index >= 15 is 0 Å². The molecule has 124 valence electrons. The first-order valence-electron chi connectivity index (χ1n) is 7.74. The second-order valence-corrected chi connectivity index (χ2v) is 5.37. The fourth-order valence-corrected chi connectivity index (χ4v) is 2.57. The molecule has 0 saturated heterocycles. The van der Waals surface area contributed by atoms with Crippen LogP contribution < -0.4 is 0 Å². The third-order valence-electron chi connectivity index (χ3n) is 3.88. The van der Waals surface area contributed by atoms with Crippen molar-refractivity contribution in [1.29, 1.82) is 0 Å². The number of hydrogen-bond acceptors (Lipinski definition) is 5. The SMILES string of the molecule is CCn1nnc(C)c1Cn1nc(-c2ccccc2)cc1C(=O)OC. The highest BCUT2D eigenvalue weighted by atomic mass is 16.5. The van der Waals surface area contributed by atoms with Crippen LogP contribution in [0.25, 0.3) is 11.3 Å².